The van der Waals surface area contributed by atoms with Gasteiger partial charge in [-0.15, -0.1) is 0 Å². The summed E-state index contributed by atoms with van der Waals surface area (Å²) in [7, 11) is 1.63. The van der Waals surface area contributed by atoms with Crippen LogP contribution in [-0.2, 0) is 4.74 Å². The lowest BCUT2D eigenvalue weighted by atomic mass is 10.0. The van der Waals surface area contributed by atoms with Crippen LogP contribution in [0.4, 0.5) is 0 Å². The van der Waals surface area contributed by atoms with Gasteiger partial charge in [0.05, 0.1) is 19.3 Å². The van der Waals surface area contributed by atoms with Crippen LogP contribution in [0.5, 0.6) is 5.75 Å². The van der Waals surface area contributed by atoms with Crippen LogP contribution in [0.25, 0.3) is 0 Å². The maximum Gasteiger partial charge on any atom is 0.119 e. The van der Waals surface area contributed by atoms with Crippen molar-refractivity contribution in [3.05, 3.63) is 29.8 Å². The zero-order valence-electron chi connectivity index (χ0n) is 11.6. The molecule has 4 nitrogen and oxygen atoms in total. The van der Waals surface area contributed by atoms with Crippen LogP contribution in [0.2, 0.25) is 0 Å². The second-order valence-corrected chi connectivity index (χ2v) is 5.08. The zero-order chi connectivity index (χ0) is 13.7. The minimum absolute atomic E-state index is 0.321. The van der Waals surface area contributed by atoms with Crippen LogP contribution < -0.4 is 10.1 Å². The smallest absolute Gasteiger partial charge is 0.119 e. The van der Waals surface area contributed by atoms with Crippen molar-refractivity contribution in [2.75, 3.05) is 26.8 Å². The van der Waals surface area contributed by atoms with Crippen molar-refractivity contribution >= 4 is 0 Å². The van der Waals surface area contributed by atoms with Crippen molar-refractivity contribution in [1.82, 2.24) is 5.32 Å². The number of hydrogen-bond acceptors (Lipinski definition) is 4. The number of nitrogens with one attached hydrogen (secondary N) is 1. The number of rotatable bonds is 6. The van der Waals surface area contributed by atoms with Crippen molar-refractivity contribution < 1.29 is 14.6 Å². The van der Waals surface area contributed by atoms with E-state index in [2.05, 4.69) is 12.2 Å². The van der Waals surface area contributed by atoms with Gasteiger partial charge < -0.3 is 19.9 Å². The van der Waals surface area contributed by atoms with Crippen molar-refractivity contribution in [2.24, 2.45) is 5.92 Å². The fraction of sp³-hybridized carbons (Fsp3) is 0.600. The maximum atomic E-state index is 10.1. The first-order valence-electron chi connectivity index (χ1n) is 6.85. The molecule has 1 aliphatic heterocycles. The van der Waals surface area contributed by atoms with E-state index in [9.17, 15) is 5.11 Å². The van der Waals surface area contributed by atoms with Crippen LogP contribution in [0.1, 0.15) is 25.0 Å². The number of aliphatic hydroxyl groups excluding tert-OH is 1. The highest BCUT2D eigenvalue weighted by Gasteiger charge is 2.23. The first-order chi connectivity index (χ1) is 9.20. The summed E-state index contributed by atoms with van der Waals surface area (Å²) in [4.78, 5) is 0. The average molecular weight is 265 g/mol. The molecule has 1 aromatic rings. The molecule has 0 bridgehead atoms. The third-order valence-corrected chi connectivity index (χ3v) is 3.76. The zero-order valence-corrected chi connectivity index (χ0v) is 11.6. The van der Waals surface area contributed by atoms with E-state index in [0.29, 0.717) is 18.6 Å². The Morgan fingerprint density at radius 3 is 3.05 bits per heavy atom. The first kappa shape index (κ1) is 14.3. The molecule has 2 N–H and O–H groups in total. The van der Waals surface area contributed by atoms with Crippen LogP contribution in [-0.4, -0.2) is 38.0 Å². The average Bonchev–Trinajstić information content (AvgIpc) is 2.84. The molecule has 0 spiro atoms. The van der Waals surface area contributed by atoms with Crippen molar-refractivity contribution in [2.45, 2.75) is 25.6 Å². The highest BCUT2D eigenvalue weighted by molar-refractivity contribution is 5.29. The number of ether oxygens (including phenoxy) is 2. The molecule has 0 amide bonds. The Morgan fingerprint density at radius 1 is 1.53 bits per heavy atom. The van der Waals surface area contributed by atoms with Gasteiger partial charge in [0.15, 0.2) is 0 Å². The standard InChI is InChI=1S/C15H23NO3/c1-11-13(6-7-19-11)9-16-10-15(17)12-4-3-5-14(8-12)18-2/h3-5,8,11,13,15-17H,6-7,9-10H2,1-2H3. The molecule has 1 aromatic carbocycles. The van der Waals surface area contributed by atoms with Gasteiger partial charge in [-0.25, -0.2) is 0 Å². The Hall–Kier alpha value is -1.10. The van der Waals surface area contributed by atoms with Gasteiger partial charge in [0.2, 0.25) is 0 Å². The SMILES string of the molecule is COc1cccc(C(O)CNCC2CCOC2C)c1. The molecule has 106 valence electrons. The lowest BCUT2D eigenvalue weighted by Crippen LogP contribution is -2.30. The molecule has 0 aliphatic carbocycles. The van der Waals surface area contributed by atoms with Gasteiger partial charge in [-0.3, -0.25) is 0 Å². The third kappa shape index (κ3) is 3.93. The van der Waals surface area contributed by atoms with Gasteiger partial charge in [0.25, 0.3) is 0 Å². The van der Waals surface area contributed by atoms with E-state index in [1.54, 1.807) is 7.11 Å². The lowest BCUT2D eigenvalue weighted by Gasteiger charge is -2.17. The summed E-state index contributed by atoms with van der Waals surface area (Å²) >= 11 is 0. The second-order valence-electron chi connectivity index (χ2n) is 5.08. The molecule has 2 rings (SSSR count). The predicted octanol–water partition coefficient (Wildman–Crippen LogP) is 1.74. The molecular formula is C15H23NO3. The molecule has 19 heavy (non-hydrogen) atoms. The molecule has 0 radical (unpaired) electrons. The highest BCUT2D eigenvalue weighted by Crippen LogP contribution is 2.21. The number of aliphatic hydroxyl groups is 1. The van der Waals surface area contributed by atoms with Gasteiger partial charge >= 0.3 is 0 Å². The minimum Gasteiger partial charge on any atom is -0.497 e. The lowest BCUT2D eigenvalue weighted by molar-refractivity contribution is 0.103. The Kier molecular flexibility index (Phi) is 5.19. The summed E-state index contributed by atoms with van der Waals surface area (Å²) < 4.78 is 10.7. The van der Waals surface area contributed by atoms with Gasteiger partial charge in [0, 0.05) is 19.7 Å². The van der Waals surface area contributed by atoms with Crippen LogP contribution in [0.15, 0.2) is 24.3 Å². The van der Waals surface area contributed by atoms with E-state index in [0.717, 1.165) is 30.9 Å². The van der Waals surface area contributed by atoms with E-state index >= 15 is 0 Å². The van der Waals surface area contributed by atoms with E-state index in [1.165, 1.54) is 0 Å². The normalized spacial score (nSPS) is 24.4. The van der Waals surface area contributed by atoms with E-state index in [-0.39, 0.29) is 0 Å². The van der Waals surface area contributed by atoms with Gasteiger partial charge in [0.1, 0.15) is 5.75 Å². The Morgan fingerprint density at radius 2 is 2.37 bits per heavy atom. The molecule has 4 heteroatoms. The third-order valence-electron chi connectivity index (χ3n) is 3.76. The monoisotopic (exact) mass is 265 g/mol. The fourth-order valence-corrected chi connectivity index (χ4v) is 2.42. The summed E-state index contributed by atoms with van der Waals surface area (Å²) in [6.45, 7) is 4.41. The minimum atomic E-state index is -0.507. The summed E-state index contributed by atoms with van der Waals surface area (Å²) in [6.07, 6.45) is 0.915. The molecule has 1 saturated heterocycles. The topological polar surface area (TPSA) is 50.7 Å². The molecule has 0 aromatic heterocycles. The molecule has 1 aliphatic rings. The molecule has 1 heterocycles. The van der Waals surface area contributed by atoms with Gasteiger partial charge in [-0.05, 0) is 37.0 Å². The Labute approximate surface area is 114 Å². The summed E-state index contributed by atoms with van der Waals surface area (Å²) in [5.74, 6) is 1.33. The number of hydrogen-bond donors (Lipinski definition) is 2. The fourth-order valence-electron chi connectivity index (χ4n) is 2.42. The van der Waals surface area contributed by atoms with Gasteiger partial charge in [-0.2, -0.15) is 0 Å². The molecule has 3 atom stereocenters. The highest BCUT2D eigenvalue weighted by atomic mass is 16.5. The second kappa shape index (κ2) is 6.89. The summed E-state index contributed by atoms with van der Waals surface area (Å²) in [5.41, 5.74) is 0.877. The van der Waals surface area contributed by atoms with Crippen LogP contribution in [0.3, 0.4) is 0 Å². The van der Waals surface area contributed by atoms with Gasteiger partial charge in [-0.1, -0.05) is 12.1 Å². The largest absolute Gasteiger partial charge is 0.497 e. The van der Waals surface area contributed by atoms with Crippen LogP contribution >= 0.6 is 0 Å². The van der Waals surface area contributed by atoms with Crippen LogP contribution in [0, 0.1) is 5.92 Å². The molecule has 0 saturated carbocycles. The summed E-state index contributed by atoms with van der Waals surface area (Å²) in [6, 6.07) is 7.55. The first-order valence-corrected chi connectivity index (χ1v) is 6.85. The Bertz CT molecular complexity index is 397. The maximum absolute atomic E-state index is 10.1. The number of methoxy groups -OCH3 is 1. The Balaban J connectivity index is 1.78. The number of benzene rings is 1. The van der Waals surface area contributed by atoms with Crippen molar-refractivity contribution in [1.29, 1.82) is 0 Å². The van der Waals surface area contributed by atoms with Crippen molar-refractivity contribution in [3.8, 4) is 5.75 Å². The van der Waals surface area contributed by atoms with E-state index in [4.69, 9.17) is 9.47 Å². The molecule has 3 unspecified atom stereocenters. The summed E-state index contributed by atoms with van der Waals surface area (Å²) in [5, 5.41) is 13.5. The molecule has 1 fully saturated rings. The molecular weight excluding hydrogens is 242 g/mol. The van der Waals surface area contributed by atoms with E-state index < -0.39 is 6.10 Å². The predicted molar refractivity (Wildman–Crippen MR) is 74.3 cm³/mol. The quantitative estimate of drug-likeness (QED) is 0.822. The van der Waals surface area contributed by atoms with E-state index in [1.807, 2.05) is 24.3 Å². The van der Waals surface area contributed by atoms with Crippen molar-refractivity contribution in [3.63, 3.8) is 0 Å².